The number of alkyl halides is 3. The first kappa shape index (κ1) is 25.1. The molecule has 1 N–H and O–H groups in total. The minimum atomic E-state index is -4.60. The quantitative estimate of drug-likeness (QED) is 0.447. The lowest BCUT2D eigenvalue weighted by Gasteiger charge is -2.23. The average molecular weight is 493 g/mol. The number of amides is 1. The maximum Gasteiger partial charge on any atom is 0.416 e. The number of benzene rings is 3. The number of rotatable bonds is 9. The van der Waals surface area contributed by atoms with Gasteiger partial charge in [-0.3, -0.25) is 9.10 Å². The molecule has 0 spiro atoms. The first-order valence-electron chi connectivity index (χ1n) is 10.2. The number of para-hydroxylation sites is 1. The van der Waals surface area contributed by atoms with Crippen LogP contribution in [0.2, 0.25) is 0 Å². The first-order chi connectivity index (χ1) is 16.0. The van der Waals surface area contributed by atoms with E-state index in [1.807, 2.05) is 18.2 Å². The molecule has 180 valence electrons. The Balaban J connectivity index is 1.64. The second kappa shape index (κ2) is 10.6. The Morgan fingerprint density at radius 2 is 1.65 bits per heavy atom. The second-order valence-electron chi connectivity index (χ2n) is 7.43. The van der Waals surface area contributed by atoms with Crippen molar-refractivity contribution in [3.63, 3.8) is 0 Å². The number of hydrogen-bond donors (Lipinski definition) is 1. The Hall–Kier alpha value is -3.53. The Morgan fingerprint density at radius 3 is 2.26 bits per heavy atom. The number of carbonyl (C=O) groups excluding carboxylic acids is 1. The molecule has 0 aliphatic carbocycles. The zero-order valence-corrected chi connectivity index (χ0v) is 19.1. The van der Waals surface area contributed by atoms with E-state index in [1.54, 1.807) is 24.3 Å². The van der Waals surface area contributed by atoms with Crippen molar-refractivity contribution in [1.29, 1.82) is 0 Å². The number of halogens is 3. The summed E-state index contributed by atoms with van der Waals surface area (Å²) >= 11 is 0. The lowest BCUT2D eigenvalue weighted by Crippen LogP contribution is -2.30. The van der Waals surface area contributed by atoms with Gasteiger partial charge in [0.25, 0.3) is 5.91 Å². The molecule has 10 heteroatoms. The van der Waals surface area contributed by atoms with Crippen LogP contribution in [0.25, 0.3) is 0 Å². The third kappa shape index (κ3) is 6.98. The molecule has 0 fully saturated rings. The summed E-state index contributed by atoms with van der Waals surface area (Å²) in [5, 5.41) is 2.72. The van der Waals surface area contributed by atoms with E-state index < -0.39 is 21.8 Å². The van der Waals surface area contributed by atoms with Crippen molar-refractivity contribution in [3.05, 3.63) is 95.6 Å². The van der Waals surface area contributed by atoms with Crippen LogP contribution < -0.4 is 14.4 Å². The highest BCUT2D eigenvalue weighted by Crippen LogP contribution is 2.32. The second-order valence-corrected chi connectivity index (χ2v) is 9.34. The van der Waals surface area contributed by atoms with Gasteiger partial charge in [-0.05, 0) is 48.0 Å². The van der Waals surface area contributed by atoms with Crippen molar-refractivity contribution >= 4 is 21.6 Å². The van der Waals surface area contributed by atoms with Crippen LogP contribution in [0.1, 0.15) is 21.5 Å². The Bertz CT molecular complexity index is 1210. The Labute approximate surface area is 196 Å². The fourth-order valence-corrected chi connectivity index (χ4v) is 4.00. The van der Waals surface area contributed by atoms with Crippen LogP contribution in [0.15, 0.2) is 78.9 Å². The van der Waals surface area contributed by atoms with Gasteiger partial charge in [0.05, 0.1) is 30.6 Å². The largest absolute Gasteiger partial charge is 0.492 e. The van der Waals surface area contributed by atoms with Crippen molar-refractivity contribution in [2.75, 3.05) is 23.7 Å². The van der Waals surface area contributed by atoms with E-state index in [1.165, 1.54) is 18.2 Å². The predicted molar refractivity (Wildman–Crippen MR) is 123 cm³/mol. The minimum Gasteiger partial charge on any atom is -0.492 e. The van der Waals surface area contributed by atoms with Crippen molar-refractivity contribution in [2.24, 2.45) is 0 Å². The number of sulfonamides is 1. The molecular weight excluding hydrogens is 469 g/mol. The van der Waals surface area contributed by atoms with Crippen LogP contribution in [-0.2, 0) is 22.7 Å². The summed E-state index contributed by atoms with van der Waals surface area (Å²) in [5.41, 5.74) is -0.181. The SMILES string of the molecule is CS(=O)(=O)N(Cc1ccc(C(=O)NCCOc2ccccc2)cc1)c1cccc(C(F)(F)F)c1. The lowest BCUT2D eigenvalue weighted by atomic mass is 10.1. The van der Waals surface area contributed by atoms with Crippen molar-refractivity contribution in [3.8, 4) is 5.75 Å². The van der Waals surface area contributed by atoms with E-state index in [0.717, 1.165) is 28.8 Å². The van der Waals surface area contributed by atoms with Crippen LogP contribution in [0, 0.1) is 0 Å². The van der Waals surface area contributed by atoms with Crippen LogP contribution in [-0.4, -0.2) is 33.7 Å². The highest BCUT2D eigenvalue weighted by atomic mass is 32.2. The molecule has 0 atom stereocenters. The number of anilines is 1. The van der Waals surface area contributed by atoms with E-state index in [-0.39, 0.29) is 31.3 Å². The molecule has 0 unspecified atom stereocenters. The number of nitrogens with zero attached hydrogens (tertiary/aromatic N) is 1. The monoisotopic (exact) mass is 492 g/mol. The highest BCUT2D eigenvalue weighted by molar-refractivity contribution is 7.92. The number of ether oxygens (including phenoxy) is 1. The molecule has 1 amide bonds. The van der Waals surface area contributed by atoms with Crippen LogP contribution >= 0.6 is 0 Å². The molecule has 0 aromatic heterocycles. The van der Waals surface area contributed by atoms with Gasteiger partial charge < -0.3 is 10.1 Å². The minimum absolute atomic E-state index is 0.0995. The molecule has 6 nitrogen and oxygen atoms in total. The van der Waals surface area contributed by atoms with Gasteiger partial charge in [0, 0.05) is 5.56 Å². The third-order valence-corrected chi connectivity index (χ3v) is 5.94. The maximum absolute atomic E-state index is 13.1. The van der Waals surface area contributed by atoms with Gasteiger partial charge in [0.2, 0.25) is 10.0 Å². The van der Waals surface area contributed by atoms with Crippen LogP contribution in [0.4, 0.5) is 18.9 Å². The van der Waals surface area contributed by atoms with Gasteiger partial charge in [-0.2, -0.15) is 13.2 Å². The molecule has 0 aliphatic rings. The molecule has 0 saturated heterocycles. The predicted octanol–water partition coefficient (Wildman–Crippen LogP) is 4.48. The van der Waals surface area contributed by atoms with E-state index in [9.17, 15) is 26.4 Å². The summed E-state index contributed by atoms with van der Waals surface area (Å²) in [6, 6.07) is 19.4. The summed E-state index contributed by atoms with van der Waals surface area (Å²) in [7, 11) is -3.87. The van der Waals surface area contributed by atoms with Gasteiger partial charge in [0.15, 0.2) is 0 Å². The topological polar surface area (TPSA) is 75.7 Å². The van der Waals surface area contributed by atoms with Gasteiger partial charge in [-0.15, -0.1) is 0 Å². The Morgan fingerprint density at radius 1 is 0.971 bits per heavy atom. The summed E-state index contributed by atoms with van der Waals surface area (Å²) in [6.07, 6.45) is -3.67. The molecule has 0 saturated carbocycles. The molecule has 0 aliphatic heterocycles. The molecule has 0 bridgehead atoms. The average Bonchev–Trinajstić information content (AvgIpc) is 2.80. The third-order valence-electron chi connectivity index (χ3n) is 4.80. The highest BCUT2D eigenvalue weighted by Gasteiger charge is 2.31. The summed E-state index contributed by atoms with van der Waals surface area (Å²) < 4.78 is 70.2. The molecular formula is C24H23F3N2O4S. The maximum atomic E-state index is 13.1. The van der Waals surface area contributed by atoms with Crippen LogP contribution in [0.3, 0.4) is 0 Å². The molecule has 0 heterocycles. The van der Waals surface area contributed by atoms with E-state index in [4.69, 9.17) is 4.74 Å². The molecule has 3 aromatic carbocycles. The van der Waals surface area contributed by atoms with Crippen molar-refractivity contribution in [1.82, 2.24) is 5.32 Å². The van der Waals surface area contributed by atoms with Crippen molar-refractivity contribution in [2.45, 2.75) is 12.7 Å². The fourth-order valence-electron chi connectivity index (χ4n) is 3.12. The number of nitrogens with one attached hydrogen (secondary N) is 1. The molecule has 34 heavy (non-hydrogen) atoms. The van der Waals surface area contributed by atoms with E-state index in [0.29, 0.717) is 16.9 Å². The van der Waals surface area contributed by atoms with Crippen LogP contribution in [0.5, 0.6) is 5.75 Å². The number of hydrogen-bond acceptors (Lipinski definition) is 4. The molecule has 0 radical (unpaired) electrons. The summed E-state index contributed by atoms with van der Waals surface area (Å²) in [4.78, 5) is 12.3. The lowest BCUT2D eigenvalue weighted by molar-refractivity contribution is -0.137. The normalized spacial score (nSPS) is 11.6. The van der Waals surface area contributed by atoms with Gasteiger partial charge >= 0.3 is 6.18 Å². The zero-order chi connectivity index (χ0) is 24.8. The standard InChI is InChI=1S/C24H23F3N2O4S/c1-34(31,32)29(21-7-5-6-20(16-21)24(25,26)27)17-18-10-12-19(13-11-18)23(30)28-14-15-33-22-8-3-2-4-9-22/h2-13,16H,14-15,17H2,1H3,(H,28,30). The molecule has 3 aromatic rings. The number of carbonyl (C=O) groups is 1. The molecule has 3 rings (SSSR count). The van der Waals surface area contributed by atoms with Gasteiger partial charge in [-0.1, -0.05) is 36.4 Å². The van der Waals surface area contributed by atoms with Crippen molar-refractivity contribution < 1.29 is 31.1 Å². The smallest absolute Gasteiger partial charge is 0.416 e. The fraction of sp³-hybridized carbons (Fsp3) is 0.208. The van der Waals surface area contributed by atoms with E-state index >= 15 is 0 Å². The first-order valence-corrected chi connectivity index (χ1v) is 12.1. The van der Waals surface area contributed by atoms with E-state index in [2.05, 4.69) is 5.32 Å². The summed E-state index contributed by atoms with van der Waals surface area (Å²) in [5.74, 6) is 0.360. The zero-order valence-electron chi connectivity index (χ0n) is 18.2. The van der Waals surface area contributed by atoms with Gasteiger partial charge in [-0.25, -0.2) is 8.42 Å². The summed E-state index contributed by atoms with van der Waals surface area (Å²) in [6.45, 7) is 0.383. The van der Waals surface area contributed by atoms with Gasteiger partial charge in [0.1, 0.15) is 12.4 Å². The Kier molecular flexibility index (Phi) is 7.83.